The van der Waals surface area contributed by atoms with Gasteiger partial charge >= 0.3 is 5.97 Å². The second kappa shape index (κ2) is 4.99. The maximum Gasteiger partial charge on any atom is 0.309 e. The largest absolute Gasteiger partial charge is 0.481 e. The number of benzene rings is 1. The molecule has 2 heteroatoms. The third kappa shape index (κ3) is 3.17. The van der Waals surface area contributed by atoms with Crippen molar-refractivity contribution >= 4 is 5.97 Å². The fourth-order valence-electron chi connectivity index (χ4n) is 2.97. The van der Waals surface area contributed by atoms with E-state index in [1.165, 1.54) is 5.56 Å². The Labute approximate surface area is 115 Å². The van der Waals surface area contributed by atoms with Crippen LogP contribution in [-0.4, -0.2) is 11.1 Å². The molecular formula is C17H24O2. The maximum absolute atomic E-state index is 11.8. The van der Waals surface area contributed by atoms with E-state index in [-0.39, 0.29) is 0 Å². The minimum atomic E-state index is -0.622. The quantitative estimate of drug-likeness (QED) is 0.884. The molecular weight excluding hydrogens is 236 g/mol. The van der Waals surface area contributed by atoms with E-state index >= 15 is 0 Å². The predicted octanol–water partition coefficient (Wildman–Crippen LogP) is 4.21. The molecule has 1 aliphatic carbocycles. The molecule has 104 valence electrons. The van der Waals surface area contributed by atoms with Gasteiger partial charge in [-0.1, -0.05) is 43.7 Å². The van der Waals surface area contributed by atoms with Gasteiger partial charge in [0.1, 0.15) is 0 Å². The van der Waals surface area contributed by atoms with Crippen molar-refractivity contribution in [3.8, 4) is 0 Å². The van der Waals surface area contributed by atoms with E-state index in [9.17, 15) is 9.90 Å². The van der Waals surface area contributed by atoms with Crippen molar-refractivity contribution < 1.29 is 9.90 Å². The highest BCUT2D eigenvalue weighted by molar-refractivity contribution is 5.75. The van der Waals surface area contributed by atoms with Crippen LogP contribution in [0, 0.1) is 17.8 Å². The van der Waals surface area contributed by atoms with E-state index in [0.717, 1.165) is 31.2 Å². The van der Waals surface area contributed by atoms with Gasteiger partial charge in [0.25, 0.3) is 0 Å². The lowest BCUT2D eigenvalue weighted by molar-refractivity contribution is -0.152. The number of carbonyl (C=O) groups is 1. The molecule has 1 N–H and O–H groups in total. The Morgan fingerprint density at radius 2 is 1.63 bits per heavy atom. The van der Waals surface area contributed by atoms with Crippen molar-refractivity contribution in [2.75, 3.05) is 0 Å². The van der Waals surface area contributed by atoms with E-state index in [4.69, 9.17) is 0 Å². The molecule has 1 fully saturated rings. The molecule has 0 atom stereocenters. The van der Waals surface area contributed by atoms with Crippen LogP contribution in [0.4, 0.5) is 0 Å². The summed E-state index contributed by atoms with van der Waals surface area (Å²) in [5.41, 5.74) is 2.11. The number of hydrogen-bond acceptors (Lipinski definition) is 1. The molecule has 0 amide bonds. The number of aliphatic carboxylic acids is 1. The van der Waals surface area contributed by atoms with Crippen LogP contribution in [-0.2, 0) is 11.2 Å². The number of carboxylic acid groups (broad SMARTS) is 1. The van der Waals surface area contributed by atoms with Crippen LogP contribution in [0.5, 0.6) is 0 Å². The van der Waals surface area contributed by atoms with Crippen molar-refractivity contribution in [3.05, 3.63) is 35.4 Å². The third-order valence-electron chi connectivity index (χ3n) is 4.68. The Kier molecular flexibility index (Phi) is 3.71. The summed E-state index contributed by atoms with van der Waals surface area (Å²) >= 11 is 0. The fraction of sp³-hybridized carbons (Fsp3) is 0.588. The normalized spacial score (nSPS) is 21.0. The van der Waals surface area contributed by atoms with Gasteiger partial charge in [0.2, 0.25) is 0 Å². The van der Waals surface area contributed by atoms with Gasteiger partial charge in [0.05, 0.1) is 5.41 Å². The van der Waals surface area contributed by atoms with Gasteiger partial charge in [-0.25, -0.2) is 0 Å². The first-order chi connectivity index (χ1) is 8.83. The SMILES string of the molecule is Cc1ccc(CC2(C(=O)O)CCC(C)(C)CC2)cc1. The summed E-state index contributed by atoms with van der Waals surface area (Å²) in [6.07, 6.45) is 4.27. The molecule has 0 saturated heterocycles. The molecule has 0 aliphatic heterocycles. The Morgan fingerprint density at radius 3 is 2.11 bits per heavy atom. The predicted molar refractivity (Wildman–Crippen MR) is 77.2 cm³/mol. The molecule has 0 bridgehead atoms. The minimum absolute atomic E-state index is 0.298. The van der Waals surface area contributed by atoms with Crippen LogP contribution in [0.25, 0.3) is 0 Å². The average molecular weight is 260 g/mol. The van der Waals surface area contributed by atoms with Crippen LogP contribution in [0.2, 0.25) is 0 Å². The van der Waals surface area contributed by atoms with E-state index < -0.39 is 11.4 Å². The minimum Gasteiger partial charge on any atom is -0.481 e. The zero-order chi connectivity index (χ0) is 14.1. The van der Waals surface area contributed by atoms with Crippen LogP contribution < -0.4 is 0 Å². The lowest BCUT2D eigenvalue weighted by Gasteiger charge is -2.41. The Morgan fingerprint density at radius 1 is 1.11 bits per heavy atom. The summed E-state index contributed by atoms with van der Waals surface area (Å²) < 4.78 is 0. The first-order valence-corrected chi connectivity index (χ1v) is 7.12. The zero-order valence-electron chi connectivity index (χ0n) is 12.2. The second-order valence-corrected chi connectivity index (χ2v) is 6.91. The first kappa shape index (κ1) is 14.1. The van der Waals surface area contributed by atoms with Gasteiger partial charge in [-0.3, -0.25) is 4.79 Å². The Hall–Kier alpha value is -1.31. The highest BCUT2D eigenvalue weighted by atomic mass is 16.4. The van der Waals surface area contributed by atoms with Crippen molar-refractivity contribution in [3.63, 3.8) is 0 Å². The van der Waals surface area contributed by atoms with E-state index in [1.807, 2.05) is 0 Å². The second-order valence-electron chi connectivity index (χ2n) is 6.91. The van der Waals surface area contributed by atoms with Gasteiger partial charge < -0.3 is 5.11 Å². The van der Waals surface area contributed by atoms with Gasteiger partial charge in [-0.05, 0) is 50.0 Å². The smallest absolute Gasteiger partial charge is 0.309 e. The number of hydrogen-bond donors (Lipinski definition) is 1. The molecule has 0 aromatic heterocycles. The fourth-order valence-corrected chi connectivity index (χ4v) is 2.97. The van der Waals surface area contributed by atoms with Gasteiger partial charge in [0, 0.05) is 0 Å². The van der Waals surface area contributed by atoms with E-state index in [1.54, 1.807) is 0 Å². The lowest BCUT2D eigenvalue weighted by atomic mass is 9.63. The van der Waals surface area contributed by atoms with Crippen molar-refractivity contribution in [2.24, 2.45) is 10.8 Å². The molecule has 1 aromatic rings. The van der Waals surface area contributed by atoms with Crippen molar-refractivity contribution in [2.45, 2.75) is 52.9 Å². The third-order valence-corrected chi connectivity index (χ3v) is 4.68. The van der Waals surface area contributed by atoms with E-state index in [2.05, 4.69) is 45.0 Å². The first-order valence-electron chi connectivity index (χ1n) is 7.12. The summed E-state index contributed by atoms with van der Waals surface area (Å²) in [5, 5.41) is 9.67. The molecule has 0 spiro atoms. The summed E-state index contributed by atoms with van der Waals surface area (Å²) in [6.45, 7) is 6.54. The summed E-state index contributed by atoms with van der Waals surface area (Å²) in [6, 6.07) is 8.27. The molecule has 1 saturated carbocycles. The number of aryl methyl sites for hydroxylation is 1. The van der Waals surface area contributed by atoms with Gasteiger partial charge in [0.15, 0.2) is 0 Å². The van der Waals surface area contributed by atoms with Crippen molar-refractivity contribution in [1.29, 1.82) is 0 Å². The number of carboxylic acids is 1. The monoisotopic (exact) mass is 260 g/mol. The van der Waals surface area contributed by atoms with Crippen LogP contribution >= 0.6 is 0 Å². The molecule has 19 heavy (non-hydrogen) atoms. The molecule has 1 aromatic carbocycles. The molecule has 1 aliphatic rings. The molecule has 0 heterocycles. The molecule has 0 radical (unpaired) electrons. The maximum atomic E-state index is 11.8. The Bertz CT molecular complexity index is 447. The van der Waals surface area contributed by atoms with Crippen LogP contribution in [0.3, 0.4) is 0 Å². The summed E-state index contributed by atoms with van der Waals surface area (Å²) in [5.74, 6) is -0.622. The summed E-state index contributed by atoms with van der Waals surface area (Å²) in [7, 11) is 0. The molecule has 2 rings (SSSR count). The topological polar surface area (TPSA) is 37.3 Å². The standard InChI is InChI=1S/C17H24O2/c1-13-4-6-14(7-5-13)12-17(15(18)19)10-8-16(2,3)9-11-17/h4-7H,8-12H2,1-3H3,(H,18,19). The van der Waals surface area contributed by atoms with Gasteiger partial charge in [-0.15, -0.1) is 0 Å². The highest BCUT2D eigenvalue weighted by Crippen LogP contribution is 2.46. The zero-order valence-corrected chi connectivity index (χ0v) is 12.2. The van der Waals surface area contributed by atoms with Crippen molar-refractivity contribution in [1.82, 2.24) is 0 Å². The van der Waals surface area contributed by atoms with Gasteiger partial charge in [-0.2, -0.15) is 0 Å². The van der Waals surface area contributed by atoms with Crippen LogP contribution in [0.1, 0.15) is 50.7 Å². The van der Waals surface area contributed by atoms with E-state index in [0.29, 0.717) is 11.8 Å². The summed E-state index contributed by atoms with van der Waals surface area (Å²) in [4.78, 5) is 11.8. The average Bonchev–Trinajstić information content (AvgIpc) is 2.35. The molecule has 2 nitrogen and oxygen atoms in total. The lowest BCUT2D eigenvalue weighted by Crippen LogP contribution is -2.39. The Balaban J connectivity index is 2.17. The highest BCUT2D eigenvalue weighted by Gasteiger charge is 2.43. The van der Waals surface area contributed by atoms with Crippen LogP contribution in [0.15, 0.2) is 24.3 Å². The number of rotatable bonds is 3. The molecule has 0 unspecified atom stereocenters.